The van der Waals surface area contributed by atoms with Crippen LogP contribution >= 0.6 is 0 Å². The van der Waals surface area contributed by atoms with Crippen molar-refractivity contribution in [3.05, 3.63) is 69.7 Å². The molecule has 0 N–H and O–H groups in total. The van der Waals surface area contributed by atoms with Gasteiger partial charge in [0.2, 0.25) is 11.4 Å². The topological polar surface area (TPSA) is 86.2 Å². The highest BCUT2D eigenvalue weighted by Crippen LogP contribution is 2.77. The molecule has 14 atom stereocenters. The lowest BCUT2D eigenvalue weighted by Crippen LogP contribution is -2.64. The van der Waals surface area contributed by atoms with E-state index in [1.807, 2.05) is 52.0 Å². The molecule has 10 aliphatic rings. The number of ether oxygens (including phenoxy) is 1. The summed E-state index contributed by atoms with van der Waals surface area (Å²) in [5, 5.41) is 0. The number of hydrogen-bond acceptors (Lipinski definition) is 5. The predicted molar refractivity (Wildman–Crippen MR) is 298 cm³/mol. The fraction of sp³-hybridized carbons (Fsp3) is 0.791. The first-order chi connectivity index (χ1) is 33.7. The van der Waals surface area contributed by atoms with E-state index in [1.165, 1.54) is 56.1 Å². The Morgan fingerprint density at radius 1 is 0.541 bits per heavy atom. The van der Waals surface area contributed by atoms with E-state index >= 15 is 0 Å². The summed E-state index contributed by atoms with van der Waals surface area (Å²) in [6, 6.07) is 0. The molecule has 0 aliphatic heterocycles. The molecule has 10 rings (SSSR count). The smallest absolute Gasteiger partial charge is 0.226 e. The lowest BCUT2D eigenvalue weighted by Gasteiger charge is -2.69. The first-order valence-corrected chi connectivity index (χ1v) is 29.1. The highest BCUT2D eigenvalue weighted by Gasteiger charge is 2.72. The maximum atomic E-state index is 14.5. The quantitative estimate of drug-likeness (QED) is 0.256. The van der Waals surface area contributed by atoms with Crippen LogP contribution in [-0.2, 0) is 23.9 Å². The van der Waals surface area contributed by atoms with Crippen molar-refractivity contribution in [1.82, 2.24) is 0 Å². The van der Waals surface area contributed by atoms with E-state index in [-0.39, 0.29) is 92.0 Å². The van der Waals surface area contributed by atoms with Crippen LogP contribution in [0.2, 0.25) is 0 Å². The van der Waals surface area contributed by atoms with Crippen LogP contribution in [0.25, 0.3) is 9.69 Å². The molecule has 6 fully saturated rings. The fourth-order valence-electron chi connectivity index (χ4n) is 21.1. The monoisotopic (exact) mass is 1010 g/mol. The molecule has 10 aliphatic carbocycles. The minimum absolute atomic E-state index is 0. The second-order valence-corrected chi connectivity index (χ2v) is 30.7. The molecule has 0 amide bonds. The Morgan fingerprint density at radius 2 is 0.905 bits per heavy atom. The van der Waals surface area contributed by atoms with Gasteiger partial charge in [-0.2, -0.15) is 0 Å². The summed E-state index contributed by atoms with van der Waals surface area (Å²) in [6.07, 6.45) is 27.2. The van der Waals surface area contributed by atoms with Crippen molar-refractivity contribution in [1.29, 1.82) is 0 Å². The summed E-state index contributed by atoms with van der Waals surface area (Å²) in [6.45, 7) is 50.5. The van der Waals surface area contributed by atoms with Gasteiger partial charge < -0.3 is 14.3 Å². The summed E-state index contributed by atoms with van der Waals surface area (Å²) in [4.78, 5) is 62.7. The lowest BCUT2D eigenvalue weighted by molar-refractivity contribution is -0.174. The first-order valence-electron chi connectivity index (χ1n) is 29.1. The molecule has 0 radical (unpaired) electrons. The molecule has 0 aromatic heterocycles. The number of nitrogens with zero attached hydrogens (tertiary/aromatic N) is 2. The molecule has 406 valence electrons. The van der Waals surface area contributed by atoms with Crippen molar-refractivity contribution in [3.8, 4) is 0 Å². The second-order valence-electron chi connectivity index (χ2n) is 30.7. The average Bonchev–Trinajstić information content (AvgIpc) is 3.30. The lowest BCUT2D eigenvalue weighted by atomic mass is 9.34. The van der Waals surface area contributed by atoms with Crippen molar-refractivity contribution in [2.24, 2.45) is 100 Å². The molecule has 0 unspecified atom stereocenters. The third kappa shape index (κ3) is 7.56. The number of allylic oxidation sites excluding steroid dienone is 8. The van der Waals surface area contributed by atoms with Crippen molar-refractivity contribution in [2.75, 3.05) is 13.7 Å². The van der Waals surface area contributed by atoms with Gasteiger partial charge in [-0.1, -0.05) is 141 Å². The van der Waals surface area contributed by atoms with Gasteiger partial charge in [-0.3, -0.25) is 9.59 Å². The van der Waals surface area contributed by atoms with E-state index in [0.717, 1.165) is 70.8 Å². The Morgan fingerprint density at radius 3 is 1.26 bits per heavy atom. The SMILES string of the molecule is C.[C-]#[N+]C1=C[C@]2(C)C3=CC(=O)[C@@H]4[C@@H]5CC(C)(C)CC[C@]5(CCC)CC[C@@]4(C)[C@]3(C)CC[C@H]2C(C)(C)C1=O.[C-]#[N+]C1=C[C@]2(C)C3=CC(=O)[C@@H]4[C@@H]5CC(C)(C)CC[C@]5(CCOC)CC[C@@]4(C)[C@]3(C)CC[C@H]2C(C)(C)C1=O. The van der Waals surface area contributed by atoms with Crippen LogP contribution in [0.5, 0.6) is 0 Å². The number of Topliss-reactive ketones (excluding diaryl/α,β-unsaturated/α-hetero) is 2. The van der Waals surface area contributed by atoms with E-state index in [1.54, 1.807) is 7.11 Å². The molecule has 7 nitrogen and oxygen atoms in total. The van der Waals surface area contributed by atoms with Gasteiger partial charge in [-0.15, -0.1) is 0 Å². The van der Waals surface area contributed by atoms with Crippen molar-refractivity contribution in [2.45, 2.75) is 220 Å². The third-order valence-electron chi connectivity index (χ3n) is 25.6. The molecular formula is C67H98N2O5. The molecule has 0 bridgehead atoms. The van der Waals surface area contributed by atoms with Gasteiger partial charge in [0, 0.05) is 47.2 Å². The van der Waals surface area contributed by atoms with E-state index in [0.29, 0.717) is 28.8 Å². The second kappa shape index (κ2) is 17.8. The van der Waals surface area contributed by atoms with Crippen LogP contribution in [0.3, 0.4) is 0 Å². The molecule has 0 saturated heterocycles. The van der Waals surface area contributed by atoms with E-state index < -0.39 is 21.7 Å². The van der Waals surface area contributed by atoms with Crippen LogP contribution in [0, 0.1) is 114 Å². The summed E-state index contributed by atoms with van der Waals surface area (Å²) >= 11 is 0. The number of fused-ring (bicyclic) bond motifs is 14. The third-order valence-corrected chi connectivity index (χ3v) is 25.6. The molecule has 74 heavy (non-hydrogen) atoms. The van der Waals surface area contributed by atoms with E-state index in [4.69, 9.17) is 17.9 Å². The van der Waals surface area contributed by atoms with Crippen LogP contribution in [0.15, 0.2) is 46.8 Å². The van der Waals surface area contributed by atoms with Gasteiger partial charge in [0.25, 0.3) is 0 Å². The Kier molecular flexibility index (Phi) is 13.7. The molecule has 6 saturated carbocycles. The summed E-state index contributed by atoms with van der Waals surface area (Å²) in [5.74, 6) is 1.71. The Balaban J connectivity index is 0.000000194. The minimum Gasteiger partial charge on any atom is -0.385 e. The Bertz CT molecular complexity index is 2610. The van der Waals surface area contributed by atoms with E-state index in [2.05, 4.69) is 85.9 Å². The number of ketones is 4. The summed E-state index contributed by atoms with van der Waals surface area (Å²) < 4.78 is 5.60. The van der Waals surface area contributed by atoms with Gasteiger partial charge in [-0.25, -0.2) is 9.69 Å². The Hall–Kier alpha value is -3.42. The predicted octanol–water partition coefficient (Wildman–Crippen LogP) is 16.6. The maximum absolute atomic E-state index is 14.5. The van der Waals surface area contributed by atoms with Crippen molar-refractivity contribution >= 4 is 23.1 Å². The number of carbonyl (C=O) groups excluding carboxylic acids is 4. The van der Waals surface area contributed by atoms with Crippen LogP contribution in [0.1, 0.15) is 220 Å². The van der Waals surface area contributed by atoms with Gasteiger partial charge in [0.1, 0.15) is 0 Å². The van der Waals surface area contributed by atoms with Gasteiger partial charge in [0.05, 0.1) is 13.1 Å². The number of methoxy groups -OCH3 is 1. The van der Waals surface area contributed by atoms with Crippen LogP contribution < -0.4 is 0 Å². The molecule has 0 aromatic carbocycles. The normalized spacial score (nSPS) is 45.7. The van der Waals surface area contributed by atoms with Crippen molar-refractivity contribution in [3.63, 3.8) is 0 Å². The minimum atomic E-state index is -0.610. The Labute approximate surface area is 449 Å². The standard InChI is InChI=1S/C33H47NO3.C33H47NO2.CH4/c1-28(2)12-14-33(16-17-37-9)15-13-32(7)26(21(33)19-28)23(35)18-25-30(5)20-22(34-8)27(36)29(3,4)24(30)10-11-31(25,32)6;1-10-12-33-16-14-28(2,3)19-21(33)26-23(35)18-25-30(6)20-22(34-9)27(36)29(4,5)24(30)11-13-31(25,7)32(26,8)15-17-33;/h18,20-21,24,26H,10-17,19H2,1-7,9H3;18,20-21,24,26H,10-17,19H2,1-8H3;1H4/t2*21-,24-,26-,30-,31+,32+,33+;/m00./s1. The maximum Gasteiger partial charge on any atom is 0.226 e. The largest absolute Gasteiger partial charge is 0.385 e. The van der Waals surface area contributed by atoms with Crippen molar-refractivity contribution < 1.29 is 23.9 Å². The van der Waals surface area contributed by atoms with Gasteiger partial charge >= 0.3 is 0 Å². The van der Waals surface area contributed by atoms with Gasteiger partial charge in [-0.05, 0) is 182 Å². The molecule has 0 spiro atoms. The number of carbonyl (C=O) groups is 4. The van der Waals surface area contributed by atoms with Crippen LogP contribution in [0.4, 0.5) is 0 Å². The fourth-order valence-corrected chi connectivity index (χ4v) is 21.1. The molecule has 0 aromatic rings. The highest BCUT2D eigenvalue weighted by molar-refractivity contribution is 6.04. The van der Waals surface area contributed by atoms with E-state index in [9.17, 15) is 19.2 Å². The zero-order valence-corrected chi connectivity index (χ0v) is 48.4. The average molecular weight is 1010 g/mol. The summed E-state index contributed by atoms with van der Waals surface area (Å²) in [5.41, 5.74) is 1.42. The molecule has 0 heterocycles. The highest BCUT2D eigenvalue weighted by atomic mass is 16.5. The first kappa shape index (κ1) is 56.8. The van der Waals surface area contributed by atoms with Gasteiger partial charge in [0.15, 0.2) is 23.1 Å². The zero-order chi connectivity index (χ0) is 53.8. The zero-order valence-electron chi connectivity index (χ0n) is 48.4. The number of hydrogen-bond donors (Lipinski definition) is 0. The summed E-state index contributed by atoms with van der Waals surface area (Å²) in [7, 11) is 1.80. The molecule has 7 heteroatoms. The molecular weight excluding hydrogens is 913 g/mol. The number of rotatable bonds is 5. The van der Waals surface area contributed by atoms with Crippen LogP contribution in [-0.4, -0.2) is 36.8 Å².